The third-order valence-corrected chi connectivity index (χ3v) is 7.60. The van der Waals surface area contributed by atoms with Gasteiger partial charge in [-0.15, -0.1) is 0 Å². The van der Waals surface area contributed by atoms with Crippen LogP contribution in [0.4, 0.5) is 24.9 Å². The van der Waals surface area contributed by atoms with E-state index < -0.39 is 17.6 Å². The van der Waals surface area contributed by atoms with Gasteiger partial charge in [0.25, 0.3) is 0 Å². The highest BCUT2D eigenvalue weighted by molar-refractivity contribution is 5.74. The molecule has 2 bridgehead atoms. The first kappa shape index (κ1) is 19.8. The van der Waals surface area contributed by atoms with Gasteiger partial charge in [0.2, 0.25) is 11.9 Å². The predicted octanol–water partition coefficient (Wildman–Crippen LogP) is 2.93. The summed E-state index contributed by atoms with van der Waals surface area (Å²) in [6, 6.07) is 3.22. The maximum Gasteiger partial charge on any atom is 0.419 e. The van der Waals surface area contributed by atoms with E-state index in [9.17, 15) is 18.0 Å². The molecule has 32 heavy (non-hydrogen) atoms. The quantitative estimate of drug-likeness (QED) is 0.783. The molecule has 2 atom stereocenters. The summed E-state index contributed by atoms with van der Waals surface area (Å²) in [7, 11) is 0. The number of alkyl halides is 3. The van der Waals surface area contributed by atoms with E-state index in [-0.39, 0.29) is 17.4 Å². The van der Waals surface area contributed by atoms with Crippen molar-refractivity contribution in [3.8, 4) is 11.3 Å². The zero-order chi connectivity index (χ0) is 22.4. The molecule has 2 aromatic rings. The lowest BCUT2D eigenvalue weighted by Crippen LogP contribution is -2.30. The highest BCUT2D eigenvalue weighted by Gasteiger charge is 2.58. The van der Waals surface area contributed by atoms with Crippen molar-refractivity contribution in [1.29, 1.82) is 0 Å². The molecule has 5 fully saturated rings. The van der Waals surface area contributed by atoms with Gasteiger partial charge < -0.3 is 15.5 Å². The van der Waals surface area contributed by atoms with Crippen molar-refractivity contribution in [2.75, 3.05) is 30.3 Å². The monoisotopic (exact) mass is 444 g/mol. The molecule has 2 N–H and O–H groups in total. The summed E-state index contributed by atoms with van der Waals surface area (Å²) in [6.07, 6.45) is -1.01. The second-order valence-electron chi connectivity index (χ2n) is 9.55. The molecule has 0 radical (unpaired) electrons. The average Bonchev–Trinajstić information content (AvgIpc) is 3.13. The van der Waals surface area contributed by atoms with Crippen LogP contribution in [-0.2, 0) is 11.0 Å². The number of carbonyl (C=O) groups is 1. The zero-order valence-corrected chi connectivity index (χ0v) is 17.5. The Hall–Kier alpha value is -2.91. The number of fused-ring (bicyclic) bond motifs is 2. The number of piperidine rings is 1. The molecule has 2 saturated carbocycles. The van der Waals surface area contributed by atoms with Crippen LogP contribution in [-0.4, -0.2) is 51.4 Å². The highest BCUT2D eigenvalue weighted by Crippen LogP contribution is 2.58. The molecule has 2 aromatic heterocycles. The number of rotatable bonds is 3. The highest BCUT2D eigenvalue weighted by atomic mass is 19.4. The van der Waals surface area contributed by atoms with Crippen LogP contribution in [0.15, 0.2) is 18.3 Å². The number of carbonyl (C=O) groups excluding carboxylic acids is 1. The van der Waals surface area contributed by atoms with Crippen molar-refractivity contribution < 1.29 is 18.0 Å². The van der Waals surface area contributed by atoms with Crippen LogP contribution in [0.2, 0.25) is 0 Å². The zero-order valence-electron chi connectivity index (χ0n) is 17.5. The predicted molar refractivity (Wildman–Crippen MR) is 111 cm³/mol. The van der Waals surface area contributed by atoms with Gasteiger partial charge in [-0.3, -0.25) is 4.79 Å². The number of amides is 1. The summed E-state index contributed by atoms with van der Waals surface area (Å²) >= 11 is 0. The molecule has 168 valence electrons. The maximum absolute atomic E-state index is 13.4. The van der Waals surface area contributed by atoms with E-state index in [0.717, 1.165) is 31.1 Å². The van der Waals surface area contributed by atoms with Gasteiger partial charge in [-0.05, 0) is 42.7 Å². The van der Waals surface area contributed by atoms with Crippen molar-refractivity contribution >= 4 is 17.7 Å². The number of anilines is 2. The smallest absolute Gasteiger partial charge is 0.383 e. The van der Waals surface area contributed by atoms with Crippen molar-refractivity contribution in [3.05, 3.63) is 29.6 Å². The van der Waals surface area contributed by atoms with Crippen LogP contribution in [0.1, 0.15) is 36.9 Å². The number of hydrogen-bond acceptors (Lipinski definition) is 6. The molecular weight excluding hydrogens is 421 g/mol. The second kappa shape index (κ2) is 6.55. The minimum Gasteiger partial charge on any atom is -0.383 e. The van der Waals surface area contributed by atoms with Gasteiger partial charge in [-0.2, -0.15) is 13.2 Å². The summed E-state index contributed by atoms with van der Waals surface area (Å²) in [4.78, 5) is 29.0. The lowest BCUT2D eigenvalue weighted by Gasteiger charge is -2.26. The molecule has 5 heterocycles. The first-order valence-electron chi connectivity index (χ1n) is 10.9. The van der Waals surface area contributed by atoms with Crippen LogP contribution in [0.3, 0.4) is 0 Å². The molecule has 1 amide bonds. The Bertz CT molecular complexity index is 1100. The molecule has 0 spiro atoms. The van der Waals surface area contributed by atoms with Gasteiger partial charge >= 0.3 is 6.18 Å². The summed E-state index contributed by atoms with van der Waals surface area (Å²) in [5.41, 5.74) is 6.09. The Kier molecular flexibility index (Phi) is 4.04. The van der Waals surface area contributed by atoms with Crippen LogP contribution in [0.5, 0.6) is 0 Å². The average molecular weight is 444 g/mol. The number of halogens is 3. The van der Waals surface area contributed by atoms with E-state index in [0.29, 0.717) is 48.5 Å². The number of nitrogen functional groups attached to an aromatic ring is 1. The van der Waals surface area contributed by atoms with E-state index in [1.807, 2.05) is 4.90 Å². The van der Waals surface area contributed by atoms with Crippen LogP contribution in [0.25, 0.3) is 11.3 Å². The van der Waals surface area contributed by atoms with Crippen molar-refractivity contribution in [3.63, 3.8) is 0 Å². The summed E-state index contributed by atoms with van der Waals surface area (Å²) in [5, 5.41) is 0. The van der Waals surface area contributed by atoms with Gasteiger partial charge in [-0.25, -0.2) is 15.0 Å². The third kappa shape index (κ3) is 3.02. The normalized spacial score (nSPS) is 30.3. The largest absolute Gasteiger partial charge is 0.419 e. The van der Waals surface area contributed by atoms with Gasteiger partial charge in [0.05, 0.1) is 17.0 Å². The fraction of sp³-hybridized carbons (Fsp3) is 0.545. The van der Waals surface area contributed by atoms with E-state index >= 15 is 0 Å². The maximum atomic E-state index is 13.4. The molecule has 7 nitrogen and oxygen atoms in total. The number of pyridine rings is 1. The standard InChI is InChI=1S/C22H23F3N6O/c1-10(32)30-8-14-15(9-30)19(14)18-5-17(12-4-16(22(23,24)25)20(26)27-6-12)28-21(29-18)31-7-11-2-13(31)3-11/h4-6,11,13-15,19H,2-3,7-9H2,1H3,(H2,26,27). The topological polar surface area (TPSA) is 88.2 Å². The summed E-state index contributed by atoms with van der Waals surface area (Å²) in [6.45, 7) is 3.87. The fourth-order valence-corrected chi connectivity index (χ4v) is 5.74. The Labute approximate surface area is 182 Å². The number of nitrogens with two attached hydrogens (primary N) is 1. The summed E-state index contributed by atoms with van der Waals surface area (Å²) < 4.78 is 40.2. The molecule has 10 heteroatoms. The molecule has 3 saturated heterocycles. The summed E-state index contributed by atoms with van der Waals surface area (Å²) in [5.74, 6) is 1.65. The first-order valence-corrected chi connectivity index (χ1v) is 10.9. The molecule has 7 rings (SSSR count). The van der Waals surface area contributed by atoms with E-state index in [1.54, 1.807) is 13.0 Å². The van der Waals surface area contributed by atoms with Gasteiger partial charge in [-0.1, -0.05) is 0 Å². The van der Waals surface area contributed by atoms with E-state index in [2.05, 4.69) is 14.9 Å². The Morgan fingerprint density at radius 3 is 2.44 bits per heavy atom. The van der Waals surface area contributed by atoms with Crippen LogP contribution < -0.4 is 10.6 Å². The molecule has 0 aromatic carbocycles. The van der Waals surface area contributed by atoms with Crippen molar-refractivity contribution in [2.24, 2.45) is 17.8 Å². The van der Waals surface area contributed by atoms with Gasteiger partial charge in [0.1, 0.15) is 5.82 Å². The van der Waals surface area contributed by atoms with E-state index in [1.165, 1.54) is 6.20 Å². The minimum atomic E-state index is -4.59. The SMILES string of the molecule is CC(=O)N1CC2C(C1)C2c1cc(-c2cnc(N)c(C(F)(F)F)c2)nc(N2CC3CC2C3)n1. The number of hydrogen-bond donors (Lipinski definition) is 1. The van der Waals surface area contributed by atoms with Crippen LogP contribution in [0, 0.1) is 17.8 Å². The lowest BCUT2D eigenvalue weighted by atomic mass is 9.86. The van der Waals surface area contributed by atoms with Crippen LogP contribution >= 0.6 is 0 Å². The molecule has 2 aliphatic carbocycles. The van der Waals surface area contributed by atoms with Gasteiger partial charge in [0, 0.05) is 50.3 Å². The Morgan fingerprint density at radius 2 is 1.84 bits per heavy atom. The van der Waals surface area contributed by atoms with Crippen molar-refractivity contribution in [2.45, 2.75) is 37.9 Å². The number of aromatic nitrogens is 3. The third-order valence-electron chi connectivity index (χ3n) is 7.60. The first-order chi connectivity index (χ1) is 15.2. The molecule has 2 unspecified atom stereocenters. The molecule has 5 aliphatic rings. The number of nitrogens with zero attached hydrogens (tertiary/aromatic N) is 5. The van der Waals surface area contributed by atoms with Crippen molar-refractivity contribution in [1.82, 2.24) is 19.9 Å². The minimum absolute atomic E-state index is 0.0736. The Balaban J connectivity index is 1.38. The Morgan fingerprint density at radius 1 is 1.12 bits per heavy atom. The second-order valence-corrected chi connectivity index (χ2v) is 9.55. The van der Waals surface area contributed by atoms with Gasteiger partial charge in [0.15, 0.2) is 0 Å². The van der Waals surface area contributed by atoms with E-state index in [4.69, 9.17) is 10.7 Å². The molecular formula is C22H23F3N6O. The fourth-order valence-electron chi connectivity index (χ4n) is 5.74. The number of likely N-dealkylation sites (tertiary alicyclic amines) is 1. The lowest BCUT2D eigenvalue weighted by molar-refractivity contribution is -0.137. The molecule has 3 aliphatic heterocycles.